The van der Waals surface area contributed by atoms with Crippen LogP contribution in [0.2, 0.25) is 0 Å². The smallest absolute Gasteiger partial charge is 0.188 e. The van der Waals surface area contributed by atoms with Crippen molar-refractivity contribution in [2.75, 3.05) is 6.61 Å². The summed E-state index contributed by atoms with van der Waals surface area (Å²) >= 11 is 0. The van der Waals surface area contributed by atoms with Gasteiger partial charge < -0.3 is 4.74 Å². The first-order valence-electron chi connectivity index (χ1n) is 8.78. The van der Waals surface area contributed by atoms with Gasteiger partial charge >= 0.3 is 0 Å². The first-order chi connectivity index (χ1) is 9.93. The number of aliphatic imine (C=N–C) groups is 1. The zero-order valence-corrected chi connectivity index (χ0v) is 13.4. The molecule has 0 amide bonds. The Balaban J connectivity index is 1.74. The monoisotopic (exact) mass is 279 g/mol. The van der Waals surface area contributed by atoms with Crippen molar-refractivity contribution in [2.24, 2.45) is 4.99 Å². The lowest BCUT2D eigenvalue weighted by molar-refractivity contribution is 0.331. The molecule has 2 nitrogen and oxygen atoms in total. The van der Waals surface area contributed by atoms with Gasteiger partial charge in [0, 0.05) is 12.6 Å². The minimum atomic E-state index is 0.705. The summed E-state index contributed by atoms with van der Waals surface area (Å²) < 4.78 is 5.44. The molecule has 2 heteroatoms. The summed E-state index contributed by atoms with van der Waals surface area (Å²) in [6.07, 6.45) is 21.6. The molecule has 116 valence electrons. The van der Waals surface area contributed by atoms with Gasteiger partial charge in [0.15, 0.2) is 5.90 Å². The number of rotatable bonds is 13. The number of ether oxygens (including phenoxy) is 1. The Labute approximate surface area is 125 Å². The molecule has 20 heavy (non-hydrogen) atoms. The van der Waals surface area contributed by atoms with Gasteiger partial charge in [-0.2, -0.15) is 0 Å². The van der Waals surface area contributed by atoms with Crippen LogP contribution in [0.3, 0.4) is 0 Å². The average molecular weight is 279 g/mol. The highest BCUT2D eigenvalue weighted by atomic mass is 16.5. The lowest BCUT2D eigenvalue weighted by Crippen LogP contribution is -2.07. The van der Waals surface area contributed by atoms with Crippen molar-refractivity contribution in [1.82, 2.24) is 0 Å². The van der Waals surface area contributed by atoms with Crippen LogP contribution < -0.4 is 0 Å². The number of hydrogen-bond donors (Lipinski definition) is 0. The Morgan fingerprint density at radius 1 is 0.850 bits per heavy atom. The molecule has 0 bridgehead atoms. The largest absolute Gasteiger partial charge is 0.476 e. The van der Waals surface area contributed by atoms with E-state index in [9.17, 15) is 0 Å². The lowest BCUT2D eigenvalue weighted by Gasteiger charge is -2.09. The fraction of sp³-hybridized carbons (Fsp3) is 0.833. The highest BCUT2D eigenvalue weighted by molar-refractivity contribution is 5.77. The van der Waals surface area contributed by atoms with Crippen molar-refractivity contribution in [1.29, 1.82) is 0 Å². The van der Waals surface area contributed by atoms with E-state index in [1.54, 1.807) is 0 Å². The van der Waals surface area contributed by atoms with Crippen LogP contribution in [-0.4, -0.2) is 12.5 Å². The van der Waals surface area contributed by atoms with E-state index >= 15 is 0 Å². The molecule has 0 aromatic rings. The molecule has 0 aromatic heterocycles. The molecule has 0 atom stereocenters. The molecule has 0 unspecified atom stereocenters. The predicted octanol–water partition coefficient (Wildman–Crippen LogP) is 6.02. The third-order valence-electron chi connectivity index (χ3n) is 3.91. The zero-order chi connectivity index (χ0) is 14.3. The molecular formula is C18H33NO. The van der Waals surface area contributed by atoms with Crippen LogP contribution in [0.4, 0.5) is 0 Å². The van der Waals surface area contributed by atoms with E-state index in [4.69, 9.17) is 4.74 Å². The lowest BCUT2D eigenvalue weighted by atomic mass is 10.0. The molecule has 1 heterocycles. The average Bonchev–Trinajstić information content (AvgIpc) is 2.49. The van der Waals surface area contributed by atoms with E-state index in [1.165, 1.54) is 77.0 Å². The Kier molecular flexibility index (Phi) is 11.4. The SMILES string of the molecule is CCCCCCCCCCCCCCC1=NC=CCO1. The van der Waals surface area contributed by atoms with E-state index in [0.717, 1.165) is 12.3 Å². The first kappa shape index (κ1) is 17.3. The molecule has 0 spiro atoms. The summed E-state index contributed by atoms with van der Waals surface area (Å²) in [4.78, 5) is 4.23. The first-order valence-corrected chi connectivity index (χ1v) is 8.78. The van der Waals surface area contributed by atoms with Gasteiger partial charge in [-0.25, -0.2) is 4.99 Å². The molecule has 0 saturated carbocycles. The molecule has 0 saturated heterocycles. The summed E-state index contributed by atoms with van der Waals surface area (Å²) in [5.74, 6) is 0.930. The maximum Gasteiger partial charge on any atom is 0.188 e. The third kappa shape index (κ3) is 10.1. The second-order valence-corrected chi connectivity index (χ2v) is 5.86. The van der Waals surface area contributed by atoms with Crippen LogP contribution in [0.15, 0.2) is 17.3 Å². The van der Waals surface area contributed by atoms with Crippen LogP contribution in [0.25, 0.3) is 0 Å². The molecule has 0 N–H and O–H groups in total. The number of hydrogen-bond acceptors (Lipinski definition) is 2. The Morgan fingerprint density at radius 2 is 1.40 bits per heavy atom. The van der Waals surface area contributed by atoms with Crippen molar-refractivity contribution in [3.8, 4) is 0 Å². The van der Waals surface area contributed by atoms with Crippen molar-refractivity contribution in [3.05, 3.63) is 12.3 Å². The molecule has 0 fully saturated rings. The van der Waals surface area contributed by atoms with Gasteiger partial charge in [-0.1, -0.05) is 77.6 Å². The van der Waals surface area contributed by atoms with Crippen LogP contribution >= 0.6 is 0 Å². The van der Waals surface area contributed by atoms with Gasteiger partial charge in [-0.3, -0.25) is 0 Å². The summed E-state index contributed by atoms with van der Waals surface area (Å²) in [7, 11) is 0. The van der Waals surface area contributed by atoms with Crippen molar-refractivity contribution in [3.63, 3.8) is 0 Å². The summed E-state index contributed by atoms with van der Waals surface area (Å²) in [5, 5.41) is 0. The minimum absolute atomic E-state index is 0.705. The zero-order valence-electron chi connectivity index (χ0n) is 13.4. The van der Waals surface area contributed by atoms with Gasteiger partial charge in [-0.15, -0.1) is 0 Å². The highest BCUT2D eigenvalue weighted by Gasteiger charge is 2.01. The Bertz CT molecular complexity index is 271. The quantitative estimate of drug-likeness (QED) is 0.378. The van der Waals surface area contributed by atoms with Gasteiger partial charge in [0.05, 0.1) is 0 Å². The van der Waals surface area contributed by atoms with Crippen LogP contribution in [0.1, 0.15) is 90.4 Å². The fourth-order valence-corrected chi connectivity index (χ4v) is 2.61. The van der Waals surface area contributed by atoms with Crippen molar-refractivity contribution in [2.45, 2.75) is 90.4 Å². The second kappa shape index (κ2) is 13.2. The number of unbranched alkanes of at least 4 members (excludes halogenated alkanes) is 11. The fourth-order valence-electron chi connectivity index (χ4n) is 2.61. The topological polar surface area (TPSA) is 21.6 Å². The van der Waals surface area contributed by atoms with E-state index in [0.29, 0.717) is 6.61 Å². The van der Waals surface area contributed by atoms with Gasteiger partial charge in [0.25, 0.3) is 0 Å². The molecule has 1 aliphatic rings. The predicted molar refractivity (Wildman–Crippen MR) is 88.2 cm³/mol. The summed E-state index contributed by atoms with van der Waals surface area (Å²) in [6.45, 7) is 2.99. The Hall–Kier alpha value is -0.790. The van der Waals surface area contributed by atoms with Crippen LogP contribution in [-0.2, 0) is 4.74 Å². The third-order valence-corrected chi connectivity index (χ3v) is 3.91. The van der Waals surface area contributed by atoms with E-state index in [1.807, 2.05) is 12.3 Å². The summed E-state index contributed by atoms with van der Waals surface area (Å²) in [6, 6.07) is 0. The van der Waals surface area contributed by atoms with E-state index in [2.05, 4.69) is 11.9 Å². The highest BCUT2D eigenvalue weighted by Crippen LogP contribution is 2.13. The molecule has 1 rings (SSSR count). The van der Waals surface area contributed by atoms with Crippen molar-refractivity contribution >= 4 is 5.90 Å². The van der Waals surface area contributed by atoms with Crippen LogP contribution in [0.5, 0.6) is 0 Å². The summed E-state index contributed by atoms with van der Waals surface area (Å²) in [5.41, 5.74) is 0. The van der Waals surface area contributed by atoms with Gasteiger partial charge in [0.2, 0.25) is 0 Å². The van der Waals surface area contributed by atoms with E-state index < -0.39 is 0 Å². The molecule has 0 radical (unpaired) electrons. The normalized spacial score (nSPS) is 14.2. The van der Waals surface area contributed by atoms with Crippen molar-refractivity contribution < 1.29 is 4.74 Å². The van der Waals surface area contributed by atoms with Gasteiger partial charge in [-0.05, 0) is 12.5 Å². The van der Waals surface area contributed by atoms with Crippen LogP contribution in [0, 0.1) is 0 Å². The molecule has 0 aromatic carbocycles. The molecular weight excluding hydrogens is 246 g/mol. The molecule has 0 aliphatic carbocycles. The van der Waals surface area contributed by atoms with Gasteiger partial charge in [0.1, 0.15) is 6.61 Å². The minimum Gasteiger partial charge on any atom is -0.476 e. The Morgan fingerprint density at radius 3 is 1.90 bits per heavy atom. The number of nitrogens with zero attached hydrogens (tertiary/aromatic N) is 1. The molecule has 1 aliphatic heterocycles. The second-order valence-electron chi connectivity index (χ2n) is 5.86. The van der Waals surface area contributed by atoms with E-state index in [-0.39, 0.29) is 0 Å². The maximum atomic E-state index is 5.44. The maximum absolute atomic E-state index is 5.44. The standard InChI is InChI=1S/C18H33NO/c1-2-3-4-5-6-7-8-9-10-11-12-13-15-18-19-16-14-17-20-18/h14,16H,2-13,15,17H2,1H3.